The van der Waals surface area contributed by atoms with Crippen molar-refractivity contribution < 1.29 is 8.42 Å². The van der Waals surface area contributed by atoms with E-state index in [0.29, 0.717) is 18.5 Å². The molecule has 0 atom stereocenters. The summed E-state index contributed by atoms with van der Waals surface area (Å²) in [6.07, 6.45) is 7.84. The van der Waals surface area contributed by atoms with E-state index >= 15 is 0 Å². The third kappa shape index (κ3) is 8.60. The van der Waals surface area contributed by atoms with Gasteiger partial charge in [-0.25, -0.2) is 13.1 Å². The van der Waals surface area contributed by atoms with Crippen molar-refractivity contribution in [2.75, 3.05) is 18.8 Å². The first-order valence-corrected chi connectivity index (χ1v) is 9.35. The first kappa shape index (κ1) is 16.9. The quantitative estimate of drug-likeness (QED) is 0.640. The number of unbranched alkanes of at least 4 members (excludes halogenated alkanes) is 1. The summed E-state index contributed by atoms with van der Waals surface area (Å²) in [7, 11) is -3.06. The summed E-state index contributed by atoms with van der Waals surface area (Å²) in [6.45, 7) is 5.74. The van der Waals surface area contributed by atoms with Crippen LogP contribution in [-0.2, 0) is 10.0 Å². The highest BCUT2D eigenvalue weighted by molar-refractivity contribution is 7.89. The van der Waals surface area contributed by atoms with Gasteiger partial charge in [0.1, 0.15) is 0 Å². The summed E-state index contributed by atoms with van der Waals surface area (Å²) in [6, 6.07) is 0.473. The van der Waals surface area contributed by atoms with E-state index in [4.69, 9.17) is 0 Å². The van der Waals surface area contributed by atoms with Crippen molar-refractivity contribution in [2.24, 2.45) is 5.92 Å². The Morgan fingerprint density at radius 1 is 1.11 bits per heavy atom. The molecular formula is C14H30N2O2S. The van der Waals surface area contributed by atoms with Crippen LogP contribution in [0.4, 0.5) is 0 Å². The van der Waals surface area contributed by atoms with Gasteiger partial charge in [-0.05, 0) is 38.1 Å². The van der Waals surface area contributed by atoms with E-state index in [1.165, 1.54) is 32.1 Å². The smallest absolute Gasteiger partial charge is 0.211 e. The maximum atomic E-state index is 11.8. The number of rotatable bonds is 9. The lowest BCUT2D eigenvalue weighted by molar-refractivity contribution is 0.357. The molecule has 0 aliphatic heterocycles. The summed E-state index contributed by atoms with van der Waals surface area (Å²) in [5.74, 6) is 0.825. The van der Waals surface area contributed by atoms with Crippen molar-refractivity contribution in [1.82, 2.24) is 10.0 Å². The predicted octanol–water partition coefficient (Wildman–Crippen LogP) is 2.26. The number of nitrogens with one attached hydrogen (secondary N) is 2. The maximum Gasteiger partial charge on any atom is 0.211 e. The second kappa shape index (κ2) is 8.93. The van der Waals surface area contributed by atoms with E-state index in [1.54, 1.807) is 0 Å². The fourth-order valence-corrected chi connectivity index (χ4v) is 3.73. The lowest BCUT2D eigenvalue weighted by Crippen LogP contribution is -2.32. The van der Waals surface area contributed by atoms with Crippen LogP contribution in [0.2, 0.25) is 0 Å². The van der Waals surface area contributed by atoms with Crippen LogP contribution in [0.3, 0.4) is 0 Å². The Morgan fingerprint density at radius 3 is 2.42 bits per heavy atom. The molecule has 114 valence electrons. The molecule has 19 heavy (non-hydrogen) atoms. The van der Waals surface area contributed by atoms with Crippen LogP contribution in [0, 0.1) is 5.92 Å². The molecule has 1 rings (SSSR count). The minimum Gasteiger partial charge on any atom is -0.315 e. The van der Waals surface area contributed by atoms with Gasteiger partial charge in [0.2, 0.25) is 10.0 Å². The summed E-state index contributed by atoms with van der Waals surface area (Å²) in [5, 5.41) is 3.30. The fourth-order valence-electron chi connectivity index (χ4n) is 2.52. The molecule has 0 aromatic rings. The highest BCUT2D eigenvalue weighted by Gasteiger charge is 2.16. The third-order valence-electron chi connectivity index (χ3n) is 3.71. The number of hydrogen-bond donors (Lipinski definition) is 2. The highest BCUT2D eigenvalue weighted by atomic mass is 32.2. The van der Waals surface area contributed by atoms with Crippen LogP contribution in [0.5, 0.6) is 0 Å². The largest absolute Gasteiger partial charge is 0.315 e. The Bertz CT molecular complexity index is 322. The molecule has 0 unspecified atom stereocenters. The Balaban J connectivity index is 2.09. The van der Waals surface area contributed by atoms with Crippen LogP contribution < -0.4 is 10.0 Å². The molecule has 0 aromatic heterocycles. The zero-order valence-electron chi connectivity index (χ0n) is 12.5. The fraction of sp³-hybridized carbons (Fsp3) is 1.00. The lowest BCUT2D eigenvalue weighted by atomic mass is 9.90. The summed E-state index contributed by atoms with van der Waals surface area (Å²) in [5.41, 5.74) is 0. The molecule has 0 radical (unpaired) electrons. The molecular weight excluding hydrogens is 260 g/mol. The van der Waals surface area contributed by atoms with Gasteiger partial charge in [-0.2, -0.15) is 0 Å². The zero-order chi connectivity index (χ0) is 14.1. The molecule has 0 spiro atoms. The Labute approximate surface area is 118 Å². The third-order valence-corrected chi connectivity index (χ3v) is 5.14. The molecule has 0 heterocycles. The monoisotopic (exact) mass is 290 g/mol. The average molecular weight is 290 g/mol. The zero-order valence-corrected chi connectivity index (χ0v) is 13.3. The molecule has 5 heteroatoms. The Morgan fingerprint density at radius 2 is 1.79 bits per heavy atom. The standard InChI is InChI=1S/C14H30N2O2S/c1-13(2)15-10-6-7-11-19(17,18)16-12-14-8-4-3-5-9-14/h13-16H,3-12H2,1-2H3. The van der Waals surface area contributed by atoms with E-state index in [0.717, 1.165) is 19.4 Å². The van der Waals surface area contributed by atoms with E-state index in [1.807, 2.05) is 0 Å². The SMILES string of the molecule is CC(C)NCCCCS(=O)(=O)NCC1CCCCC1. The highest BCUT2D eigenvalue weighted by Crippen LogP contribution is 2.22. The van der Waals surface area contributed by atoms with Gasteiger partial charge in [0, 0.05) is 12.6 Å². The Hall–Kier alpha value is -0.130. The molecule has 4 nitrogen and oxygen atoms in total. The van der Waals surface area contributed by atoms with Gasteiger partial charge >= 0.3 is 0 Å². The second-order valence-corrected chi connectivity index (χ2v) is 7.91. The van der Waals surface area contributed by atoms with Gasteiger partial charge in [-0.15, -0.1) is 0 Å². The molecule has 0 amide bonds. The molecule has 1 saturated carbocycles. The molecule has 1 aliphatic carbocycles. The summed E-state index contributed by atoms with van der Waals surface area (Å²) in [4.78, 5) is 0. The first-order valence-electron chi connectivity index (χ1n) is 7.70. The molecule has 2 N–H and O–H groups in total. The van der Waals surface area contributed by atoms with Crippen molar-refractivity contribution in [3.63, 3.8) is 0 Å². The van der Waals surface area contributed by atoms with Gasteiger partial charge in [-0.1, -0.05) is 33.1 Å². The van der Waals surface area contributed by atoms with E-state index in [9.17, 15) is 8.42 Å². The first-order chi connectivity index (χ1) is 8.99. The topological polar surface area (TPSA) is 58.2 Å². The van der Waals surface area contributed by atoms with Crippen molar-refractivity contribution >= 4 is 10.0 Å². The molecule has 0 saturated heterocycles. The molecule has 1 aliphatic rings. The van der Waals surface area contributed by atoms with Crippen LogP contribution in [0.25, 0.3) is 0 Å². The van der Waals surface area contributed by atoms with Crippen LogP contribution in [0.1, 0.15) is 58.8 Å². The van der Waals surface area contributed by atoms with Gasteiger partial charge in [0.25, 0.3) is 0 Å². The van der Waals surface area contributed by atoms with Crippen LogP contribution in [-0.4, -0.2) is 33.3 Å². The number of sulfonamides is 1. The summed E-state index contributed by atoms with van der Waals surface area (Å²) < 4.78 is 26.5. The van der Waals surface area contributed by atoms with Gasteiger partial charge < -0.3 is 5.32 Å². The summed E-state index contributed by atoms with van der Waals surface area (Å²) >= 11 is 0. The second-order valence-electron chi connectivity index (χ2n) is 5.99. The van der Waals surface area contributed by atoms with Gasteiger partial charge in [0.15, 0.2) is 0 Å². The normalized spacial score (nSPS) is 18.1. The van der Waals surface area contributed by atoms with Crippen molar-refractivity contribution in [1.29, 1.82) is 0 Å². The van der Waals surface area contributed by atoms with Crippen molar-refractivity contribution in [3.8, 4) is 0 Å². The van der Waals surface area contributed by atoms with Gasteiger partial charge in [0.05, 0.1) is 5.75 Å². The van der Waals surface area contributed by atoms with Crippen LogP contribution >= 0.6 is 0 Å². The van der Waals surface area contributed by atoms with E-state index in [2.05, 4.69) is 23.9 Å². The predicted molar refractivity (Wildman–Crippen MR) is 80.7 cm³/mol. The lowest BCUT2D eigenvalue weighted by Gasteiger charge is -2.21. The molecule has 0 bridgehead atoms. The molecule has 1 fully saturated rings. The average Bonchev–Trinajstić information content (AvgIpc) is 2.37. The van der Waals surface area contributed by atoms with Gasteiger partial charge in [-0.3, -0.25) is 0 Å². The number of hydrogen-bond acceptors (Lipinski definition) is 3. The van der Waals surface area contributed by atoms with E-state index < -0.39 is 10.0 Å². The van der Waals surface area contributed by atoms with Crippen molar-refractivity contribution in [3.05, 3.63) is 0 Å². The van der Waals surface area contributed by atoms with Crippen LogP contribution in [0.15, 0.2) is 0 Å². The minimum absolute atomic E-state index is 0.263. The van der Waals surface area contributed by atoms with Crippen molar-refractivity contribution in [2.45, 2.75) is 64.8 Å². The molecule has 0 aromatic carbocycles. The maximum absolute atomic E-state index is 11.8. The Kier molecular flexibility index (Phi) is 7.95. The van der Waals surface area contributed by atoms with E-state index in [-0.39, 0.29) is 5.75 Å². The minimum atomic E-state index is -3.06.